The summed E-state index contributed by atoms with van der Waals surface area (Å²) in [6, 6.07) is 0.278. The molecule has 1 amide bonds. The smallest absolute Gasteiger partial charge is 0.329 e. The SMILES string of the molecule is Cn1nc(C(=O)N2CCCCC2C2(C(F)(F)F)N=N2)cc1-c1nn[nH]n1. The number of rotatable bonds is 3. The Labute approximate surface area is 144 Å². The van der Waals surface area contributed by atoms with Gasteiger partial charge in [0.25, 0.3) is 5.91 Å². The van der Waals surface area contributed by atoms with Crippen LogP contribution in [-0.2, 0) is 7.05 Å². The number of amides is 1. The molecule has 2 aliphatic rings. The van der Waals surface area contributed by atoms with E-state index in [1.54, 1.807) is 7.05 Å². The second-order valence-corrected chi connectivity index (χ2v) is 6.21. The Morgan fingerprint density at radius 1 is 1.35 bits per heavy atom. The molecule has 0 aromatic carbocycles. The van der Waals surface area contributed by atoms with Crippen LogP contribution in [0.15, 0.2) is 16.3 Å². The van der Waals surface area contributed by atoms with Crippen LogP contribution in [0, 0.1) is 0 Å². The van der Waals surface area contributed by atoms with Gasteiger partial charge in [-0.25, -0.2) is 0 Å². The summed E-state index contributed by atoms with van der Waals surface area (Å²) in [5.41, 5.74) is -2.08. The number of hydrogen-bond acceptors (Lipinski definition) is 7. The Bertz CT molecular complexity index is 851. The number of H-pyrrole nitrogens is 1. The lowest BCUT2D eigenvalue weighted by Crippen LogP contribution is -2.56. The highest BCUT2D eigenvalue weighted by Crippen LogP contribution is 2.50. The molecule has 2 aromatic heterocycles. The summed E-state index contributed by atoms with van der Waals surface area (Å²) in [7, 11) is 1.58. The molecule has 138 valence electrons. The van der Waals surface area contributed by atoms with Gasteiger partial charge in [0.1, 0.15) is 5.69 Å². The molecule has 2 aliphatic heterocycles. The lowest BCUT2D eigenvalue weighted by atomic mass is 9.92. The molecule has 4 rings (SSSR count). The van der Waals surface area contributed by atoms with Gasteiger partial charge in [0.05, 0.1) is 6.04 Å². The van der Waals surface area contributed by atoms with Gasteiger partial charge in [-0.15, -0.1) is 20.4 Å². The Kier molecular flexibility index (Phi) is 3.56. The largest absolute Gasteiger partial charge is 0.439 e. The number of aryl methyl sites for hydroxylation is 1. The van der Waals surface area contributed by atoms with Crippen molar-refractivity contribution in [2.45, 2.75) is 37.1 Å². The van der Waals surface area contributed by atoms with Crippen molar-refractivity contribution in [3.8, 4) is 11.5 Å². The number of likely N-dealkylation sites (tertiary alicyclic amines) is 1. The number of tetrazole rings is 1. The number of nitrogens with zero attached hydrogens (tertiary/aromatic N) is 8. The third kappa shape index (κ3) is 2.45. The van der Waals surface area contributed by atoms with Crippen molar-refractivity contribution < 1.29 is 18.0 Å². The second kappa shape index (κ2) is 5.57. The molecule has 0 aliphatic carbocycles. The van der Waals surface area contributed by atoms with Gasteiger partial charge in [-0.05, 0) is 24.5 Å². The first-order chi connectivity index (χ1) is 12.3. The van der Waals surface area contributed by atoms with E-state index in [-0.39, 0.29) is 24.5 Å². The molecule has 2 aromatic rings. The summed E-state index contributed by atoms with van der Waals surface area (Å²) in [5, 5.41) is 24.0. The summed E-state index contributed by atoms with van der Waals surface area (Å²) in [4.78, 5) is 14.1. The summed E-state index contributed by atoms with van der Waals surface area (Å²) in [6.07, 6.45) is -3.26. The van der Waals surface area contributed by atoms with Crippen LogP contribution in [0.25, 0.3) is 11.5 Å². The van der Waals surface area contributed by atoms with E-state index < -0.39 is 23.8 Å². The first-order valence-electron chi connectivity index (χ1n) is 7.93. The lowest BCUT2D eigenvalue weighted by molar-refractivity contribution is -0.179. The average Bonchev–Trinajstić information content (AvgIpc) is 3.09. The number of alkyl halides is 3. The van der Waals surface area contributed by atoms with Crippen molar-refractivity contribution in [2.75, 3.05) is 6.54 Å². The topological polar surface area (TPSA) is 117 Å². The fraction of sp³-hybridized carbons (Fsp3) is 0.615. The van der Waals surface area contributed by atoms with Crippen LogP contribution in [0.1, 0.15) is 29.8 Å². The maximum atomic E-state index is 13.4. The van der Waals surface area contributed by atoms with Crippen molar-refractivity contribution in [1.82, 2.24) is 35.3 Å². The number of nitrogens with one attached hydrogen (secondary N) is 1. The van der Waals surface area contributed by atoms with Crippen molar-refractivity contribution in [3.63, 3.8) is 0 Å². The van der Waals surface area contributed by atoms with E-state index in [2.05, 4.69) is 36.0 Å². The molecule has 0 bridgehead atoms. The molecule has 1 N–H and O–H groups in total. The number of aromatic amines is 1. The standard InChI is InChI=1S/C13H14F3N9O/c1-24-8(10-17-22-23-18-10)6-7(19-24)11(26)25-5-3-2-4-9(25)12(20-21-12)13(14,15)16/h6,9H,2-5H2,1H3,(H,17,18,22,23). The number of carbonyl (C=O) groups excluding carboxylic acids is 1. The minimum atomic E-state index is -4.63. The van der Waals surface area contributed by atoms with Gasteiger partial charge in [-0.1, -0.05) is 0 Å². The number of aromatic nitrogens is 6. The minimum absolute atomic E-state index is 0.0113. The van der Waals surface area contributed by atoms with Gasteiger partial charge in [0.2, 0.25) is 5.82 Å². The number of piperidine rings is 1. The quantitative estimate of drug-likeness (QED) is 0.876. The lowest BCUT2D eigenvalue weighted by Gasteiger charge is -2.38. The fourth-order valence-corrected chi connectivity index (χ4v) is 3.28. The van der Waals surface area contributed by atoms with E-state index in [4.69, 9.17) is 0 Å². The van der Waals surface area contributed by atoms with Crippen molar-refractivity contribution in [3.05, 3.63) is 11.8 Å². The zero-order valence-corrected chi connectivity index (χ0v) is 13.6. The van der Waals surface area contributed by atoms with Crippen LogP contribution >= 0.6 is 0 Å². The van der Waals surface area contributed by atoms with Crippen LogP contribution in [0.2, 0.25) is 0 Å². The monoisotopic (exact) mass is 369 g/mol. The molecule has 4 heterocycles. The van der Waals surface area contributed by atoms with Crippen molar-refractivity contribution in [2.24, 2.45) is 17.3 Å². The first kappa shape index (κ1) is 16.6. The van der Waals surface area contributed by atoms with E-state index in [0.29, 0.717) is 18.5 Å². The van der Waals surface area contributed by atoms with Gasteiger partial charge in [0, 0.05) is 19.7 Å². The Balaban J connectivity index is 1.64. The third-order valence-corrected chi connectivity index (χ3v) is 4.63. The van der Waals surface area contributed by atoms with E-state index in [1.165, 1.54) is 15.6 Å². The number of halogens is 3. The zero-order chi connectivity index (χ0) is 18.5. The fourth-order valence-electron chi connectivity index (χ4n) is 3.28. The molecular formula is C13H14F3N9O. The molecule has 0 radical (unpaired) electrons. The minimum Gasteiger partial charge on any atom is -0.329 e. The highest BCUT2D eigenvalue weighted by molar-refractivity contribution is 5.93. The Hall–Kier alpha value is -2.86. The number of carbonyl (C=O) groups is 1. The van der Waals surface area contributed by atoms with E-state index >= 15 is 0 Å². The van der Waals surface area contributed by atoms with E-state index in [9.17, 15) is 18.0 Å². The Morgan fingerprint density at radius 3 is 2.73 bits per heavy atom. The predicted octanol–water partition coefficient (Wildman–Crippen LogP) is 1.32. The first-order valence-corrected chi connectivity index (χ1v) is 7.93. The predicted molar refractivity (Wildman–Crippen MR) is 78.7 cm³/mol. The van der Waals surface area contributed by atoms with Crippen molar-refractivity contribution >= 4 is 5.91 Å². The normalized spacial score (nSPS) is 21.8. The van der Waals surface area contributed by atoms with Crippen LogP contribution in [0.4, 0.5) is 13.2 Å². The number of hydrogen-bond donors (Lipinski definition) is 1. The van der Waals surface area contributed by atoms with Crippen molar-refractivity contribution in [1.29, 1.82) is 0 Å². The molecule has 1 saturated heterocycles. The molecule has 13 heteroatoms. The molecular weight excluding hydrogens is 355 g/mol. The van der Waals surface area contributed by atoms with E-state index in [0.717, 1.165) is 0 Å². The molecule has 1 unspecified atom stereocenters. The summed E-state index contributed by atoms with van der Waals surface area (Å²) < 4.78 is 41.6. The highest BCUT2D eigenvalue weighted by Gasteiger charge is 2.70. The maximum Gasteiger partial charge on any atom is 0.439 e. The highest BCUT2D eigenvalue weighted by atomic mass is 19.4. The van der Waals surface area contributed by atoms with Gasteiger partial charge >= 0.3 is 11.8 Å². The summed E-state index contributed by atoms with van der Waals surface area (Å²) in [5.74, 6) is -0.367. The van der Waals surface area contributed by atoms with Gasteiger partial charge in [-0.3, -0.25) is 9.48 Å². The summed E-state index contributed by atoms with van der Waals surface area (Å²) in [6.45, 7) is 0.195. The molecule has 10 nitrogen and oxygen atoms in total. The average molecular weight is 369 g/mol. The Morgan fingerprint density at radius 2 is 2.12 bits per heavy atom. The second-order valence-electron chi connectivity index (χ2n) is 6.21. The van der Waals surface area contributed by atoms with Gasteiger partial charge in [0.15, 0.2) is 5.69 Å². The molecule has 26 heavy (non-hydrogen) atoms. The summed E-state index contributed by atoms with van der Waals surface area (Å²) >= 11 is 0. The van der Waals surface area contributed by atoms with Crippen LogP contribution < -0.4 is 0 Å². The van der Waals surface area contributed by atoms with Crippen LogP contribution in [0.5, 0.6) is 0 Å². The maximum absolute atomic E-state index is 13.4. The van der Waals surface area contributed by atoms with Crippen LogP contribution in [0.3, 0.4) is 0 Å². The molecule has 1 fully saturated rings. The molecule has 0 spiro atoms. The van der Waals surface area contributed by atoms with Crippen LogP contribution in [-0.4, -0.2) is 65.6 Å². The van der Waals surface area contributed by atoms with E-state index in [1.807, 2.05) is 0 Å². The molecule has 0 saturated carbocycles. The third-order valence-electron chi connectivity index (χ3n) is 4.63. The molecule has 1 atom stereocenters. The van der Waals surface area contributed by atoms with Gasteiger partial charge in [-0.2, -0.15) is 23.5 Å². The zero-order valence-electron chi connectivity index (χ0n) is 13.6. The van der Waals surface area contributed by atoms with Gasteiger partial charge < -0.3 is 4.90 Å².